The summed E-state index contributed by atoms with van der Waals surface area (Å²) in [5, 5.41) is 7.88. The van der Waals surface area contributed by atoms with Crippen molar-refractivity contribution in [2.75, 3.05) is 19.5 Å². The maximum absolute atomic E-state index is 13.0. The van der Waals surface area contributed by atoms with Gasteiger partial charge >= 0.3 is 6.61 Å². The fourth-order valence-electron chi connectivity index (χ4n) is 3.67. The Kier molecular flexibility index (Phi) is 5.63. The van der Waals surface area contributed by atoms with Crippen LogP contribution < -0.4 is 19.5 Å². The number of hydrogen-bond acceptors (Lipinski definition) is 6. The molecule has 0 bridgehead atoms. The molecule has 0 fully saturated rings. The number of ether oxygens (including phenoxy) is 3. The van der Waals surface area contributed by atoms with Crippen molar-refractivity contribution >= 4 is 17.5 Å². The van der Waals surface area contributed by atoms with Crippen LogP contribution >= 0.6 is 11.6 Å². The highest BCUT2D eigenvalue weighted by molar-refractivity contribution is 6.30. The summed E-state index contributed by atoms with van der Waals surface area (Å²) < 4.78 is 43.2. The van der Waals surface area contributed by atoms with Crippen molar-refractivity contribution in [2.45, 2.75) is 25.1 Å². The molecule has 2 heterocycles. The van der Waals surface area contributed by atoms with Crippen LogP contribution in [0.5, 0.6) is 17.2 Å². The van der Waals surface area contributed by atoms with E-state index in [1.807, 2.05) is 12.1 Å². The number of anilines is 1. The Labute approximate surface area is 176 Å². The molecule has 0 spiro atoms. The number of nitrogens with zero attached hydrogens (tertiary/aromatic N) is 3. The summed E-state index contributed by atoms with van der Waals surface area (Å²) in [5.41, 5.74) is 1.41. The molecule has 10 heteroatoms. The SMILES string of the molecule is COc1ccc([C@H]2C[C@@H](c3ccc(Cl)cc3OC(F)F)Nc3ncnn32)c(OC)c1. The van der Waals surface area contributed by atoms with Gasteiger partial charge in [-0.1, -0.05) is 17.7 Å². The van der Waals surface area contributed by atoms with E-state index >= 15 is 0 Å². The van der Waals surface area contributed by atoms with E-state index in [1.165, 1.54) is 12.4 Å². The molecule has 0 saturated carbocycles. The highest BCUT2D eigenvalue weighted by Crippen LogP contribution is 2.43. The number of alkyl halides is 2. The normalized spacial score (nSPS) is 17.9. The van der Waals surface area contributed by atoms with Crippen LogP contribution in [0.25, 0.3) is 0 Å². The van der Waals surface area contributed by atoms with Gasteiger partial charge in [-0.05, 0) is 30.7 Å². The number of hydrogen-bond donors (Lipinski definition) is 1. The molecule has 1 N–H and O–H groups in total. The van der Waals surface area contributed by atoms with Crippen LogP contribution in [0.4, 0.5) is 14.7 Å². The topological polar surface area (TPSA) is 70.4 Å². The van der Waals surface area contributed by atoms with E-state index in [9.17, 15) is 8.78 Å². The first-order chi connectivity index (χ1) is 14.5. The minimum atomic E-state index is -2.97. The highest BCUT2D eigenvalue weighted by Gasteiger charge is 2.33. The van der Waals surface area contributed by atoms with Gasteiger partial charge in [-0.25, -0.2) is 4.68 Å². The predicted molar refractivity (Wildman–Crippen MR) is 107 cm³/mol. The molecule has 0 aliphatic carbocycles. The van der Waals surface area contributed by atoms with Gasteiger partial charge in [-0.2, -0.15) is 18.9 Å². The lowest BCUT2D eigenvalue weighted by Crippen LogP contribution is -2.28. The predicted octanol–water partition coefficient (Wildman–Crippen LogP) is 4.70. The Balaban J connectivity index is 1.76. The number of nitrogens with one attached hydrogen (secondary N) is 1. The number of rotatable bonds is 6. The Morgan fingerprint density at radius 3 is 2.63 bits per heavy atom. The van der Waals surface area contributed by atoms with Crippen LogP contribution in [0.1, 0.15) is 29.6 Å². The summed E-state index contributed by atoms with van der Waals surface area (Å²) in [6, 6.07) is 9.58. The van der Waals surface area contributed by atoms with Crippen molar-refractivity contribution in [2.24, 2.45) is 0 Å². The molecule has 0 saturated heterocycles. The number of aromatic nitrogens is 3. The first kappa shape index (κ1) is 20.2. The van der Waals surface area contributed by atoms with Crippen molar-refractivity contribution < 1.29 is 23.0 Å². The fourth-order valence-corrected chi connectivity index (χ4v) is 3.83. The Bertz CT molecular complexity index is 1050. The molecular formula is C20H19ClF2N4O3. The third kappa shape index (κ3) is 3.85. The van der Waals surface area contributed by atoms with Crippen LogP contribution in [0.15, 0.2) is 42.7 Å². The zero-order chi connectivity index (χ0) is 21.3. The molecule has 1 aliphatic rings. The third-order valence-corrected chi connectivity index (χ3v) is 5.23. The summed E-state index contributed by atoms with van der Waals surface area (Å²) in [7, 11) is 3.16. The van der Waals surface area contributed by atoms with Crippen molar-refractivity contribution in [1.29, 1.82) is 0 Å². The van der Waals surface area contributed by atoms with Gasteiger partial charge < -0.3 is 19.5 Å². The van der Waals surface area contributed by atoms with Crippen molar-refractivity contribution in [3.05, 3.63) is 58.9 Å². The van der Waals surface area contributed by atoms with Gasteiger partial charge in [0, 0.05) is 22.2 Å². The zero-order valence-electron chi connectivity index (χ0n) is 16.2. The molecule has 1 aromatic heterocycles. The van der Waals surface area contributed by atoms with E-state index in [4.69, 9.17) is 25.8 Å². The number of benzene rings is 2. The fraction of sp³-hybridized carbons (Fsp3) is 0.300. The van der Waals surface area contributed by atoms with E-state index in [0.717, 1.165) is 5.56 Å². The second-order valence-corrected chi connectivity index (χ2v) is 7.08. The van der Waals surface area contributed by atoms with E-state index < -0.39 is 6.61 Å². The Morgan fingerprint density at radius 1 is 1.10 bits per heavy atom. The second kappa shape index (κ2) is 8.35. The summed E-state index contributed by atoms with van der Waals surface area (Å²) in [4.78, 5) is 4.27. The van der Waals surface area contributed by atoms with E-state index in [0.29, 0.717) is 34.5 Å². The second-order valence-electron chi connectivity index (χ2n) is 6.65. The lowest BCUT2D eigenvalue weighted by Gasteiger charge is -2.33. The molecule has 0 amide bonds. The number of methoxy groups -OCH3 is 2. The quantitative estimate of drug-likeness (QED) is 0.604. The third-order valence-electron chi connectivity index (χ3n) is 5.00. The van der Waals surface area contributed by atoms with Gasteiger partial charge in [-0.15, -0.1) is 0 Å². The van der Waals surface area contributed by atoms with Gasteiger partial charge in [0.25, 0.3) is 0 Å². The summed E-state index contributed by atoms with van der Waals surface area (Å²) in [6.07, 6.45) is 1.92. The van der Waals surface area contributed by atoms with Crippen LogP contribution in [0.2, 0.25) is 5.02 Å². The van der Waals surface area contributed by atoms with Crippen LogP contribution in [0, 0.1) is 0 Å². The zero-order valence-corrected chi connectivity index (χ0v) is 16.9. The molecule has 0 unspecified atom stereocenters. The van der Waals surface area contributed by atoms with Crippen molar-refractivity contribution in [1.82, 2.24) is 14.8 Å². The van der Waals surface area contributed by atoms with Crippen LogP contribution in [-0.4, -0.2) is 35.6 Å². The maximum Gasteiger partial charge on any atom is 0.387 e. The minimum absolute atomic E-state index is 0.0170. The molecule has 30 heavy (non-hydrogen) atoms. The molecule has 0 radical (unpaired) electrons. The Hall–Kier alpha value is -3.07. The molecule has 2 aromatic carbocycles. The van der Waals surface area contributed by atoms with E-state index in [1.54, 1.807) is 37.1 Å². The lowest BCUT2D eigenvalue weighted by molar-refractivity contribution is -0.0506. The lowest BCUT2D eigenvalue weighted by atomic mass is 9.92. The van der Waals surface area contributed by atoms with Crippen molar-refractivity contribution in [3.63, 3.8) is 0 Å². The molecule has 3 aromatic rings. The van der Waals surface area contributed by atoms with Gasteiger partial charge in [0.15, 0.2) is 0 Å². The summed E-state index contributed by atoms with van der Waals surface area (Å²) >= 11 is 6.00. The first-order valence-electron chi connectivity index (χ1n) is 9.12. The average Bonchev–Trinajstić information content (AvgIpc) is 3.21. The van der Waals surface area contributed by atoms with Crippen LogP contribution in [-0.2, 0) is 0 Å². The first-order valence-corrected chi connectivity index (χ1v) is 9.50. The van der Waals surface area contributed by atoms with Crippen molar-refractivity contribution in [3.8, 4) is 17.2 Å². The largest absolute Gasteiger partial charge is 0.497 e. The van der Waals surface area contributed by atoms with Gasteiger partial charge in [-0.3, -0.25) is 0 Å². The summed E-state index contributed by atoms with van der Waals surface area (Å²) in [5.74, 6) is 1.81. The molecule has 4 rings (SSSR count). The molecule has 158 valence electrons. The number of fused-ring (bicyclic) bond motifs is 1. The highest BCUT2D eigenvalue weighted by atomic mass is 35.5. The molecule has 7 nitrogen and oxygen atoms in total. The van der Waals surface area contributed by atoms with Gasteiger partial charge in [0.05, 0.1) is 26.3 Å². The summed E-state index contributed by atoms with van der Waals surface area (Å²) in [6.45, 7) is -2.97. The Morgan fingerprint density at radius 2 is 1.90 bits per heavy atom. The standard InChI is InChI=1S/C20H19ClF2N4O3/c1-28-12-4-6-14(17(8-12)29-2)16-9-15(26-20-24-10-25-27(16)20)13-5-3-11(21)7-18(13)30-19(22)23/h3-8,10,15-16,19H,9H2,1-2H3,(H,24,25,26)/t15-,16+/m0/s1. The average molecular weight is 437 g/mol. The number of halogens is 3. The molecule has 2 atom stereocenters. The van der Waals surface area contributed by atoms with E-state index in [2.05, 4.69) is 15.4 Å². The van der Waals surface area contributed by atoms with Crippen LogP contribution in [0.3, 0.4) is 0 Å². The maximum atomic E-state index is 13.0. The van der Waals surface area contributed by atoms with E-state index in [-0.39, 0.29) is 17.8 Å². The monoisotopic (exact) mass is 436 g/mol. The smallest absolute Gasteiger partial charge is 0.387 e. The van der Waals surface area contributed by atoms with Gasteiger partial charge in [0.1, 0.15) is 23.6 Å². The molecule has 1 aliphatic heterocycles. The minimum Gasteiger partial charge on any atom is -0.497 e. The molecular weight excluding hydrogens is 418 g/mol. The van der Waals surface area contributed by atoms with Gasteiger partial charge in [0.2, 0.25) is 5.95 Å².